The molecule has 0 fully saturated rings. The minimum absolute atomic E-state index is 0.126. The predicted molar refractivity (Wildman–Crippen MR) is 247 cm³/mol. The number of benzene rings is 3. The molecule has 0 N–H and O–H groups in total. The van der Waals surface area contributed by atoms with Crippen molar-refractivity contribution in [2.24, 2.45) is 0 Å². The van der Waals surface area contributed by atoms with Crippen molar-refractivity contribution in [3.63, 3.8) is 0 Å². The molecule has 0 aliphatic rings. The summed E-state index contributed by atoms with van der Waals surface area (Å²) in [5.74, 6) is 1.29. The molecule has 3 aromatic rings. The third-order valence-electron chi connectivity index (χ3n) is 10.5. The lowest BCUT2D eigenvalue weighted by atomic mass is 10.0. The number of carbonyl (C=O) groups excluding carboxylic acids is 2. The molecule has 3 aromatic carbocycles. The molecular weight excluding hydrogens is 856 g/mol. The molecule has 322 valence electrons. The van der Waals surface area contributed by atoms with E-state index in [9.17, 15) is 9.59 Å². The molecule has 0 bridgehead atoms. The molecule has 8 heteroatoms. The van der Waals surface area contributed by atoms with Gasteiger partial charge in [0.05, 0.1) is 25.4 Å². The summed E-state index contributed by atoms with van der Waals surface area (Å²) >= 11 is 6.92. The molecule has 0 heterocycles. The average Bonchev–Trinajstić information content (AvgIpc) is 3.22. The first-order valence-corrected chi connectivity index (χ1v) is 24.3. The van der Waals surface area contributed by atoms with Crippen molar-refractivity contribution in [2.75, 3.05) is 19.8 Å². The van der Waals surface area contributed by atoms with Crippen molar-refractivity contribution in [3.05, 3.63) is 80.2 Å². The van der Waals surface area contributed by atoms with Crippen LogP contribution in [0.1, 0.15) is 201 Å². The second kappa shape index (κ2) is 31.1. The monoisotopic (exact) mass is 926 g/mol. The quantitative estimate of drug-likeness (QED) is 0.0257. The van der Waals surface area contributed by atoms with Crippen LogP contribution < -0.4 is 18.9 Å². The Kier molecular flexibility index (Phi) is 26.5. The Morgan fingerprint density at radius 2 is 0.810 bits per heavy atom. The van der Waals surface area contributed by atoms with Crippen molar-refractivity contribution in [2.45, 2.75) is 175 Å². The molecule has 0 aliphatic heterocycles. The molecule has 6 nitrogen and oxygen atoms in total. The number of esters is 1. The summed E-state index contributed by atoms with van der Waals surface area (Å²) < 4.78 is 26.8. The molecule has 0 atom stereocenters. The molecule has 0 saturated heterocycles. The molecule has 0 aliphatic carbocycles. The number of hydrogen-bond donors (Lipinski definition) is 0. The Morgan fingerprint density at radius 1 is 0.431 bits per heavy atom. The lowest BCUT2D eigenvalue weighted by molar-refractivity contribution is 0.0733. The minimum atomic E-state index is -0.529. The zero-order valence-electron chi connectivity index (χ0n) is 36.0. The number of unbranched alkanes of at least 4 members (excludes halogenated alkanes) is 21. The van der Waals surface area contributed by atoms with Gasteiger partial charge in [0.25, 0.3) is 0 Å². The lowest BCUT2D eigenvalue weighted by Gasteiger charge is -2.19. The average molecular weight is 929 g/mol. The van der Waals surface area contributed by atoms with Gasteiger partial charge in [-0.15, -0.1) is 0 Å². The van der Waals surface area contributed by atoms with E-state index in [0.29, 0.717) is 59.5 Å². The van der Waals surface area contributed by atoms with Gasteiger partial charge in [-0.05, 0) is 73.9 Å². The maximum absolute atomic E-state index is 13.8. The number of rotatable bonds is 34. The van der Waals surface area contributed by atoms with Gasteiger partial charge in [-0.1, -0.05) is 187 Å². The number of carbonyl (C=O) groups is 2. The second-order valence-corrected chi connectivity index (χ2v) is 17.5. The molecule has 58 heavy (non-hydrogen) atoms. The topological polar surface area (TPSA) is 71.1 Å². The van der Waals surface area contributed by atoms with Gasteiger partial charge in [0, 0.05) is 20.1 Å². The molecule has 3 rings (SSSR count). The van der Waals surface area contributed by atoms with Gasteiger partial charge in [-0.3, -0.25) is 4.79 Å². The Hall–Kier alpha value is -2.84. The maximum atomic E-state index is 13.8. The van der Waals surface area contributed by atoms with Crippen molar-refractivity contribution in [1.29, 1.82) is 0 Å². The highest BCUT2D eigenvalue weighted by Gasteiger charge is 2.21. The van der Waals surface area contributed by atoms with E-state index in [4.69, 9.17) is 18.9 Å². The second-order valence-electron chi connectivity index (χ2n) is 15.7. The fourth-order valence-electron chi connectivity index (χ4n) is 6.99. The summed E-state index contributed by atoms with van der Waals surface area (Å²) in [6.45, 7) is 8.37. The van der Waals surface area contributed by atoms with Crippen LogP contribution in [0.15, 0.2) is 63.5 Å². The molecule has 0 saturated carbocycles. The van der Waals surface area contributed by atoms with Gasteiger partial charge >= 0.3 is 5.97 Å². The van der Waals surface area contributed by atoms with E-state index in [0.717, 1.165) is 47.5 Å². The number of ether oxygens (including phenoxy) is 4. The Balaban J connectivity index is 1.75. The van der Waals surface area contributed by atoms with Crippen molar-refractivity contribution >= 4 is 43.6 Å². The van der Waals surface area contributed by atoms with Crippen LogP contribution in [-0.4, -0.2) is 31.6 Å². The fourth-order valence-corrected chi connectivity index (χ4v) is 8.28. The first-order chi connectivity index (χ1) is 28.4. The molecule has 0 unspecified atom stereocenters. The molecular formula is C50H72Br2O6. The van der Waals surface area contributed by atoms with Crippen LogP contribution in [0, 0.1) is 0 Å². The third kappa shape index (κ3) is 20.4. The van der Waals surface area contributed by atoms with Crippen LogP contribution in [0.3, 0.4) is 0 Å². The highest BCUT2D eigenvalue weighted by atomic mass is 79.9. The Labute approximate surface area is 368 Å². The summed E-state index contributed by atoms with van der Waals surface area (Å²) in [7, 11) is 0. The fraction of sp³-hybridized carbons (Fsp3) is 0.600. The van der Waals surface area contributed by atoms with Crippen LogP contribution in [0.4, 0.5) is 0 Å². The van der Waals surface area contributed by atoms with E-state index in [1.54, 1.807) is 48.5 Å². The van der Waals surface area contributed by atoms with Crippen molar-refractivity contribution < 1.29 is 28.5 Å². The highest BCUT2D eigenvalue weighted by Crippen LogP contribution is 2.40. The third-order valence-corrected chi connectivity index (χ3v) is 11.4. The summed E-state index contributed by atoms with van der Waals surface area (Å²) in [5, 5.41) is 0. The van der Waals surface area contributed by atoms with Crippen LogP contribution in [-0.2, 0) is 0 Å². The smallest absolute Gasteiger partial charge is 0.343 e. The SMILES string of the molecule is CCCCCCCCCCOc1cc(C(=O)Oc2ccc(C(=O)c3cc(Br)cc(Br)c3)cc2)cc(OCCCCCCCCCC)c1OCCCCCCCCCC. The number of ketones is 1. The van der Waals surface area contributed by atoms with Gasteiger partial charge in [0.1, 0.15) is 5.75 Å². The van der Waals surface area contributed by atoms with E-state index in [1.807, 2.05) is 6.07 Å². The standard InChI is InChI=1S/C50H72Br2O6/c1-4-7-10-13-16-19-22-25-32-55-46-37-42(50(54)58-45-30-28-40(29-31-45)48(53)41-35-43(51)39-44(52)36-41)38-47(56-33-26-23-20-17-14-11-8-5-2)49(46)57-34-27-24-21-18-15-12-9-6-3/h28-31,35-39H,4-27,32-34H2,1-3H3. The van der Waals surface area contributed by atoms with Gasteiger partial charge < -0.3 is 18.9 Å². The summed E-state index contributed by atoms with van der Waals surface area (Å²) in [6, 6.07) is 15.6. The first kappa shape index (κ1) is 49.5. The van der Waals surface area contributed by atoms with Gasteiger partial charge in [0.2, 0.25) is 5.75 Å². The van der Waals surface area contributed by atoms with E-state index >= 15 is 0 Å². The summed E-state index contributed by atoms with van der Waals surface area (Å²) in [6.07, 6.45) is 29.0. The predicted octanol–water partition coefficient (Wildman–Crippen LogP) is 16.2. The minimum Gasteiger partial charge on any atom is -0.490 e. The zero-order chi connectivity index (χ0) is 41.6. The Bertz CT molecular complexity index is 1510. The van der Waals surface area contributed by atoms with Crippen LogP contribution in [0.25, 0.3) is 0 Å². The van der Waals surface area contributed by atoms with Gasteiger partial charge in [-0.25, -0.2) is 4.79 Å². The Morgan fingerprint density at radius 3 is 1.22 bits per heavy atom. The summed E-state index contributed by atoms with van der Waals surface area (Å²) in [5.41, 5.74) is 1.38. The first-order valence-electron chi connectivity index (χ1n) is 22.8. The highest BCUT2D eigenvalue weighted by molar-refractivity contribution is 9.11. The van der Waals surface area contributed by atoms with Gasteiger partial charge in [0.15, 0.2) is 17.3 Å². The van der Waals surface area contributed by atoms with Crippen molar-refractivity contribution in [3.8, 4) is 23.0 Å². The molecule has 0 radical (unpaired) electrons. The van der Waals surface area contributed by atoms with Crippen LogP contribution in [0.5, 0.6) is 23.0 Å². The van der Waals surface area contributed by atoms with E-state index in [1.165, 1.54) is 116 Å². The van der Waals surface area contributed by atoms with Crippen LogP contribution in [0.2, 0.25) is 0 Å². The maximum Gasteiger partial charge on any atom is 0.343 e. The lowest BCUT2D eigenvalue weighted by Crippen LogP contribution is -2.12. The number of halogens is 2. The molecule has 0 spiro atoms. The molecule has 0 aromatic heterocycles. The van der Waals surface area contributed by atoms with E-state index in [-0.39, 0.29) is 5.78 Å². The van der Waals surface area contributed by atoms with E-state index < -0.39 is 5.97 Å². The zero-order valence-corrected chi connectivity index (χ0v) is 39.2. The summed E-state index contributed by atoms with van der Waals surface area (Å²) in [4.78, 5) is 27.0. The van der Waals surface area contributed by atoms with Gasteiger partial charge in [-0.2, -0.15) is 0 Å². The molecule has 0 amide bonds. The normalized spacial score (nSPS) is 11.1. The van der Waals surface area contributed by atoms with Crippen molar-refractivity contribution in [1.82, 2.24) is 0 Å². The van der Waals surface area contributed by atoms with E-state index in [2.05, 4.69) is 52.6 Å². The largest absolute Gasteiger partial charge is 0.490 e. The van der Waals surface area contributed by atoms with Crippen LogP contribution >= 0.6 is 31.9 Å². The number of hydrogen-bond acceptors (Lipinski definition) is 6.